The van der Waals surface area contributed by atoms with Gasteiger partial charge in [0, 0.05) is 26.2 Å². The molecule has 0 atom stereocenters. The second kappa shape index (κ2) is 23.1. The molecule has 0 aromatic carbocycles. The maximum absolute atomic E-state index is 5.16. The van der Waals surface area contributed by atoms with Crippen LogP contribution in [-0.2, 0) is 26.2 Å². The van der Waals surface area contributed by atoms with Crippen LogP contribution in [0.1, 0.15) is 39.0 Å². The van der Waals surface area contributed by atoms with Gasteiger partial charge < -0.3 is 0 Å². The van der Waals surface area contributed by atoms with Crippen molar-refractivity contribution in [3.05, 3.63) is 24.8 Å². The van der Waals surface area contributed by atoms with Crippen LogP contribution < -0.4 is 0 Å². The first-order chi connectivity index (χ1) is 4.91. The minimum absolute atomic E-state index is 0. The van der Waals surface area contributed by atoms with E-state index in [1.54, 1.807) is 6.08 Å². The van der Waals surface area contributed by atoms with E-state index in [4.69, 9.17) is 6.58 Å². The Balaban J connectivity index is -0.000000135. The Morgan fingerprint density at radius 3 is 2.15 bits per heavy atom. The maximum atomic E-state index is 5.16. The molecule has 0 rings (SSSR count). The van der Waals surface area contributed by atoms with Crippen molar-refractivity contribution in [2.45, 2.75) is 39.0 Å². The molecule has 0 amide bonds. The van der Waals surface area contributed by atoms with Crippen molar-refractivity contribution in [1.82, 2.24) is 0 Å². The first-order valence-electron chi connectivity index (χ1n) is 4.12. The zero-order chi connectivity index (χ0) is 7.66. The number of unbranched alkanes of at least 4 members (excludes halogenated alkanes) is 4. The molecule has 0 unspecified atom stereocenters. The summed E-state index contributed by atoms with van der Waals surface area (Å²) >= 11 is 0. The van der Waals surface area contributed by atoms with Gasteiger partial charge in [-0.2, -0.15) is 6.08 Å². The number of hydrogen-bond acceptors (Lipinski definition) is 0. The van der Waals surface area contributed by atoms with Gasteiger partial charge in [0.2, 0.25) is 0 Å². The van der Waals surface area contributed by atoms with Crippen LogP contribution in [0.4, 0.5) is 0 Å². The first kappa shape index (κ1) is 23.6. The van der Waals surface area contributed by atoms with Gasteiger partial charge in [-0.15, -0.1) is 24.8 Å². The summed E-state index contributed by atoms with van der Waals surface area (Å²) in [6, 6.07) is 0. The minimum Gasteiger partial charge on any atom is -0.293 e. The molecule has 0 saturated carbocycles. The molecule has 13 heavy (non-hydrogen) atoms. The fraction of sp³-hybridized carbons (Fsp3) is 0.600. The van der Waals surface area contributed by atoms with E-state index in [0.717, 1.165) is 0 Å². The van der Waals surface area contributed by atoms with Gasteiger partial charge in [0.1, 0.15) is 0 Å². The third-order valence-electron chi connectivity index (χ3n) is 1.47. The first-order valence-corrected chi connectivity index (χ1v) is 4.12. The van der Waals surface area contributed by atoms with Crippen LogP contribution in [0, 0.1) is 6.58 Å². The summed E-state index contributed by atoms with van der Waals surface area (Å²) < 4.78 is 0. The van der Waals surface area contributed by atoms with Gasteiger partial charge in [-0.1, -0.05) is 39.0 Å². The van der Waals surface area contributed by atoms with Crippen molar-refractivity contribution in [1.29, 1.82) is 0 Å². The maximum Gasteiger partial charge on any atom is 0 e. The Hall–Kier alpha value is 0.943. The Morgan fingerprint density at radius 2 is 1.69 bits per heavy atom. The molecule has 0 saturated heterocycles. The van der Waals surface area contributed by atoms with Crippen molar-refractivity contribution < 1.29 is 26.2 Å². The second-order valence-corrected chi connectivity index (χ2v) is 2.47. The summed E-state index contributed by atoms with van der Waals surface area (Å²) in [5, 5.41) is 0. The van der Waals surface area contributed by atoms with Crippen LogP contribution in [0.25, 0.3) is 0 Å². The predicted molar refractivity (Wildman–Crippen MR) is 61.3 cm³/mol. The van der Waals surface area contributed by atoms with Crippen LogP contribution >= 0.6 is 24.8 Å². The monoisotopic (exact) mass is 299 g/mol. The quantitative estimate of drug-likeness (QED) is 0.389. The van der Waals surface area contributed by atoms with E-state index in [1.165, 1.54) is 32.1 Å². The molecule has 0 aromatic rings. The molecule has 0 aliphatic rings. The summed E-state index contributed by atoms with van der Waals surface area (Å²) in [5.41, 5.74) is 0. The van der Waals surface area contributed by atoms with Crippen LogP contribution in [0.15, 0.2) is 18.2 Å². The Morgan fingerprint density at radius 1 is 1.08 bits per heavy atom. The molecule has 0 nitrogen and oxygen atoms in total. The fourth-order valence-electron chi connectivity index (χ4n) is 0.864. The molecular formula is C10H19Cl2Zr-. The van der Waals surface area contributed by atoms with Gasteiger partial charge in [-0.3, -0.25) is 6.58 Å². The average molecular weight is 301 g/mol. The molecule has 0 N–H and O–H groups in total. The number of rotatable bonds is 6. The summed E-state index contributed by atoms with van der Waals surface area (Å²) in [4.78, 5) is 0. The van der Waals surface area contributed by atoms with Gasteiger partial charge in [0.15, 0.2) is 0 Å². The number of hydrogen-bond donors (Lipinski definition) is 0. The van der Waals surface area contributed by atoms with E-state index in [1.807, 2.05) is 6.08 Å². The van der Waals surface area contributed by atoms with Gasteiger partial charge in [-0.25, -0.2) is 12.2 Å². The molecule has 3 heteroatoms. The van der Waals surface area contributed by atoms with Gasteiger partial charge in [0.05, 0.1) is 0 Å². The fourth-order valence-corrected chi connectivity index (χ4v) is 0.864. The van der Waals surface area contributed by atoms with E-state index < -0.39 is 0 Å². The molecular weight excluding hydrogens is 282 g/mol. The van der Waals surface area contributed by atoms with Gasteiger partial charge in [0.25, 0.3) is 0 Å². The van der Waals surface area contributed by atoms with Crippen LogP contribution in [-0.4, -0.2) is 0 Å². The molecule has 0 spiro atoms. The van der Waals surface area contributed by atoms with Crippen molar-refractivity contribution in [3.63, 3.8) is 0 Å². The minimum atomic E-state index is 0. The molecule has 0 bridgehead atoms. The van der Waals surface area contributed by atoms with Crippen molar-refractivity contribution in [2.24, 2.45) is 0 Å². The zero-order valence-electron chi connectivity index (χ0n) is 8.16. The van der Waals surface area contributed by atoms with Crippen molar-refractivity contribution >= 4 is 24.8 Å². The third-order valence-corrected chi connectivity index (χ3v) is 1.47. The third kappa shape index (κ3) is 24.6. The van der Waals surface area contributed by atoms with Crippen LogP contribution in [0.3, 0.4) is 0 Å². The SMILES string of the molecule is Cl.Cl.[CH-]=CC=CCCCCCC.[Zr]. The Labute approximate surface area is 114 Å². The van der Waals surface area contributed by atoms with E-state index >= 15 is 0 Å². The number of allylic oxidation sites excluding steroid dienone is 3. The summed E-state index contributed by atoms with van der Waals surface area (Å²) in [6.07, 6.45) is 12.1. The molecule has 0 aliphatic heterocycles. The zero-order valence-corrected chi connectivity index (χ0v) is 12.3. The summed E-state index contributed by atoms with van der Waals surface area (Å²) in [6.45, 7) is 7.38. The standard InChI is InChI=1S/C10H17.2ClH.Zr/c1-3-5-7-9-10-8-6-4-2;;;/h1,3,5,7H,4,6,8-10H2,2H3;2*1H;/q-1;;;. The largest absolute Gasteiger partial charge is 0.293 e. The van der Waals surface area contributed by atoms with Crippen molar-refractivity contribution in [2.75, 3.05) is 0 Å². The normalized spacial score (nSPS) is 8.08. The summed E-state index contributed by atoms with van der Waals surface area (Å²) in [7, 11) is 0. The molecule has 78 valence electrons. The molecule has 0 heterocycles. The van der Waals surface area contributed by atoms with E-state index in [9.17, 15) is 0 Å². The van der Waals surface area contributed by atoms with Gasteiger partial charge >= 0.3 is 0 Å². The Bertz CT molecular complexity index is 103. The van der Waals surface area contributed by atoms with E-state index in [2.05, 4.69) is 13.0 Å². The smallest absolute Gasteiger partial charge is 0 e. The molecule has 0 radical (unpaired) electrons. The van der Waals surface area contributed by atoms with E-state index in [0.29, 0.717) is 0 Å². The van der Waals surface area contributed by atoms with E-state index in [-0.39, 0.29) is 51.0 Å². The van der Waals surface area contributed by atoms with Crippen molar-refractivity contribution in [3.8, 4) is 0 Å². The molecule has 0 aromatic heterocycles. The van der Waals surface area contributed by atoms with Crippen LogP contribution in [0.5, 0.6) is 0 Å². The second-order valence-electron chi connectivity index (χ2n) is 2.47. The molecule has 0 aliphatic carbocycles. The average Bonchev–Trinajstić information content (AvgIpc) is 1.97. The Kier molecular flexibility index (Phi) is 42.0. The van der Waals surface area contributed by atoms with Crippen LogP contribution in [0.2, 0.25) is 0 Å². The molecule has 0 fully saturated rings. The van der Waals surface area contributed by atoms with Gasteiger partial charge in [-0.05, 0) is 0 Å². The number of halogens is 2. The predicted octanol–water partition coefficient (Wildman–Crippen LogP) is 4.34. The summed E-state index contributed by atoms with van der Waals surface area (Å²) in [5.74, 6) is 0. The topological polar surface area (TPSA) is 0 Å².